The number of carbonyl (C=O) groups excluding carboxylic acids is 3. The van der Waals surface area contributed by atoms with Crippen LogP contribution in [0.1, 0.15) is 42.3 Å². The molecule has 0 unspecified atom stereocenters. The Bertz CT molecular complexity index is 1560. The lowest BCUT2D eigenvalue weighted by molar-refractivity contribution is -0.141. The Kier molecular flexibility index (Phi) is 8.58. The molecule has 0 fully saturated rings. The van der Waals surface area contributed by atoms with Crippen molar-refractivity contribution in [1.82, 2.24) is 14.5 Å². The van der Waals surface area contributed by atoms with Gasteiger partial charge in [-0.25, -0.2) is 12.7 Å². The van der Waals surface area contributed by atoms with E-state index >= 15 is 0 Å². The molecule has 1 N–H and O–H groups in total. The van der Waals surface area contributed by atoms with Gasteiger partial charge in [0.25, 0.3) is 15.9 Å². The summed E-state index contributed by atoms with van der Waals surface area (Å²) in [4.78, 5) is 41.9. The van der Waals surface area contributed by atoms with Gasteiger partial charge in [-0.3, -0.25) is 14.4 Å². The summed E-state index contributed by atoms with van der Waals surface area (Å²) in [5.74, 6) is -1.97. The molecule has 0 aliphatic carbocycles. The number of fused-ring (bicyclic) bond motifs is 1. The Morgan fingerprint density at radius 2 is 1.62 bits per heavy atom. The van der Waals surface area contributed by atoms with Crippen molar-refractivity contribution in [3.63, 3.8) is 0 Å². The molecule has 210 valence electrons. The van der Waals surface area contributed by atoms with Crippen molar-refractivity contribution in [3.8, 4) is 0 Å². The van der Waals surface area contributed by atoms with Gasteiger partial charge in [-0.1, -0.05) is 71.7 Å². The van der Waals surface area contributed by atoms with E-state index < -0.39 is 45.9 Å². The standard InChI is InChI=1S/C29H29Cl2N3O5S/c1-29(2,3)32-27(36)24(15-19-9-5-4-6-10-19)33(17-20-13-14-21(30)16-23(20)31)26(35)18-34-28(37)22-11-7-8-12-25(22)40(34,38)39/h4-14,16,24H,15,17-18H2,1-3H3,(H,32,36)/t24-/m1/s1. The Labute approximate surface area is 243 Å². The minimum atomic E-state index is -4.25. The first kappa shape index (κ1) is 29.6. The molecule has 1 heterocycles. The number of sulfonamides is 1. The third-order valence-corrected chi connectivity index (χ3v) is 8.69. The van der Waals surface area contributed by atoms with E-state index in [0.29, 0.717) is 14.9 Å². The topological polar surface area (TPSA) is 104 Å². The first-order valence-electron chi connectivity index (χ1n) is 12.5. The fraction of sp³-hybridized carbons (Fsp3) is 0.276. The maximum absolute atomic E-state index is 14.0. The summed E-state index contributed by atoms with van der Waals surface area (Å²) in [6.45, 7) is 4.55. The molecule has 3 aromatic carbocycles. The maximum Gasteiger partial charge on any atom is 0.269 e. The number of hydrogen-bond donors (Lipinski definition) is 1. The van der Waals surface area contributed by atoms with Crippen LogP contribution >= 0.6 is 23.2 Å². The fourth-order valence-electron chi connectivity index (χ4n) is 4.44. The van der Waals surface area contributed by atoms with E-state index in [-0.39, 0.29) is 28.4 Å². The summed E-state index contributed by atoms with van der Waals surface area (Å²) < 4.78 is 27.0. The van der Waals surface area contributed by atoms with E-state index in [1.54, 1.807) is 18.2 Å². The molecular weight excluding hydrogens is 573 g/mol. The Morgan fingerprint density at radius 1 is 0.975 bits per heavy atom. The summed E-state index contributed by atoms with van der Waals surface area (Å²) in [5.41, 5.74) is 0.664. The number of halogens is 2. The second kappa shape index (κ2) is 11.6. The van der Waals surface area contributed by atoms with Crippen LogP contribution in [0.25, 0.3) is 0 Å². The highest BCUT2D eigenvalue weighted by Crippen LogP contribution is 2.30. The normalized spacial score (nSPS) is 14.9. The van der Waals surface area contributed by atoms with Gasteiger partial charge >= 0.3 is 0 Å². The largest absolute Gasteiger partial charge is 0.350 e. The van der Waals surface area contributed by atoms with Gasteiger partial charge in [0, 0.05) is 28.5 Å². The zero-order chi connectivity index (χ0) is 29.2. The minimum Gasteiger partial charge on any atom is -0.350 e. The number of nitrogens with zero attached hydrogens (tertiary/aromatic N) is 2. The molecule has 1 aliphatic rings. The lowest BCUT2D eigenvalue weighted by Gasteiger charge is -2.34. The monoisotopic (exact) mass is 601 g/mol. The van der Waals surface area contributed by atoms with Crippen LogP contribution in [0.2, 0.25) is 10.0 Å². The molecule has 4 rings (SSSR count). The maximum atomic E-state index is 14.0. The van der Waals surface area contributed by atoms with E-state index in [2.05, 4.69) is 5.32 Å². The van der Waals surface area contributed by atoms with Crippen LogP contribution in [-0.2, 0) is 32.6 Å². The Morgan fingerprint density at radius 3 is 2.25 bits per heavy atom. The first-order chi connectivity index (χ1) is 18.8. The second-order valence-corrected chi connectivity index (χ2v) is 13.2. The smallest absolute Gasteiger partial charge is 0.269 e. The highest BCUT2D eigenvalue weighted by atomic mass is 35.5. The highest BCUT2D eigenvalue weighted by molar-refractivity contribution is 7.90. The van der Waals surface area contributed by atoms with Gasteiger partial charge in [0.05, 0.1) is 5.56 Å². The second-order valence-electron chi connectivity index (χ2n) is 10.5. The van der Waals surface area contributed by atoms with E-state index in [9.17, 15) is 22.8 Å². The van der Waals surface area contributed by atoms with Gasteiger partial charge in [0.15, 0.2) is 0 Å². The summed E-state index contributed by atoms with van der Waals surface area (Å²) >= 11 is 12.5. The zero-order valence-electron chi connectivity index (χ0n) is 22.2. The predicted octanol–water partition coefficient (Wildman–Crippen LogP) is 4.69. The van der Waals surface area contributed by atoms with Crippen LogP contribution in [0.4, 0.5) is 0 Å². The van der Waals surface area contributed by atoms with E-state index in [4.69, 9.17) is 23.2 Å². The summed E-state index contributed by atoms with van der Waals surface area (Å²) in [6, 6.07) is 18.7. The van der Waals surface area contributed by atoms with Gasteiger partial charge in [-0.05, 0) is 56.2 Å². The number of nitrogens with one attached hydrogen (secondary N) is 1. The molecule has 40 heavy (non-hydrogen) atoms. The molecule has 3 aromatic rings. The number of benzene rings is 3. The Hall–Kier alpha value is -3.40. The van der Waals surface area contributed by atoms with E-state index in [0.717, 1.165) is 5.56 Å². The average Bonchev–Trinajstić information content (AvgIpc) is 3.07. The van der Waals surface area contributed by atoms with Gasteiger partial charge in [-0.15, -0.1) is 0 Å². The van der Waals surface area contributed by atoms with E-state index in [1.807, 2.05) is 51.1 Å². The molecular formula is C29H29Cl2N3O5S. The number of rotatable bonds is 8. The van der Waals surface area contributed by atoms with Gasteiger partial charge in [0.1, 0.15) is 17.5 Å². The third-order valence-electron chi connectivity index (χ3n) is 6.32. The van der Waals surface area contributed by atoms with Crippen LogP contribution < -0.4 is 5.32 Å². The van der Waals surface area contributed by atoms with E-state index in [1.165, 1.54) is 29.2 Å². The summed E-state index contributed by atoms with van der Waals surface area (Å²) in [5, 5.41) is 3.60. The predicted molar refractivity (Wildman–Crippen MR) is 154 cm³/mol. The van der Waals surface area contributed by atoms with Crippen LogP contribution in [0, 0.1) is 0 Å². The number of hydrogen-bond acceptors (Lipinski definition) is 5. The first-order valence-corrected chi connectivity index (χ1v) is 14.7. The number of amides is 3. The van der Waals surface area contributed by atoms with Crippen LogP contribution in [-0.4, -0.2) is 53.5 Å². The summed E-state index contributed by atoms with van der Waals surface area (Å²) in [6.07, 6.45) is 0.140. The van der Waals surface area contributed by atoms with Crippen molar-refractivity contribution >= 4 is 50.9 Å². The van der Waals surface area contributed by atoms with Crippen molar-refractivity contribution in [2.45, 2.75) is 50.2 Å². The highest BCUT2D eigenvalue weighted by Gasteiger charge is 2.43. The SMILES string of the molecule is CC(C)(C)NC(=O)[C@@H](Cc1ccccc1)N(Cc1ccc(Cl)cc1Cl)C(=O)CN1C(=O)c2ccccc2S1(=O)=O. The molecule has 3 amide bonds. The molecule has 0 aromatic heterocycles. The van der Waals surface area contributed by atoms with Gasteiger partial charge in [-0.2, -0.15) is 0 Å². The van der Waals surface area contributed by atoms with Crippen molar-refractivity contribution in [3.05, 3.63) is 99.5 Å². The van der Waals surface area contributed by atoms with Gasteiger partial charge < -0.3 is 10.2 Å². The molecule has 0 bridgehead atoms. The van der Waals surface area contributed by atoms with Crippen molar-refractivity contribution in [2.75, 3.05) is 6.54 Å². The quantitative estimate of drug-likeness (QED) is 0.403. The van der Waals surface area contributed by atoms with Crippen LogP contribution in [0.5, 0.6) is 0 Å². The lowest BCUT2D eigenvalue weighted by atomic mass is 10.0. The molecule has 0 saturated heterocycles. The molecule has 1 atom stereocenters. The van der Waals surface area contributed by atoms with Gasteiger partial charge in [0.2, 0.25) is 11.8 Å². The Balaban J connectivity index is 1.75. The molecule has 0 spiro atoms. The van der Waals surface area contributed by atoms with Crippen LogP contribution in [0.3, 0.4) is 0 Å². The zero-order valence-corrected chi connectivity index (χ0v) is 24.6. The molecule has 8 nitrogen and oxygen atoms in total. The molecule has 0 saturated carbocycles. The third kappa shape index (κ3) is 6.49. The van der Waals surface area contributed by atoms with Crippen molar-refractivity contribution < 1.29 is 22.8 Å². The fourth-order valence-corrected chi connectivity index (χ4v) is 6.43. The van der Waals surface area contributed by atoms with Crippen LogP contribution in [0.15, 0.2) is 77.7 Å². The minimum absolute atomic E-state index is 0.00564. The summed E-state index contributed by atoms with van der Waals surface area (Å²) in [7, 11) is -4.25. The molecule has 0 radical (unpaired) electrons. The average molecular weight is 603 g/mol. The molecule has 11 heteroatoms. The van der Waals surface area contributed by atoms with Crippen molar-refractivity contribution in [1.29, 1.82) is 0 Å². The lowest BCUT2D eigenvalue weighted by Crippen LogP contribution is -2.56. The molecule has 1 aliphatic heterocycles. The van der Waals surface area contributed by atoms with Crippen molar-refractivity contribution in [2.24, 2.45) is 0 Å². The number of carbonyl (C=O) groups is 3.